The minimum Gasteiger partial charge on any atom is -0.397 e. The summed E-state index contributed by atoms with van der Waals surface area (Å²) in [6, 6.07) is 3.49. The molecular weight excluding hydrogens is 128 g/mol. The number of pyridine rings is 1. The fourth-order valence-corrected chi connectivity index (χ4v) is 0.652. The third-order valence-electron chi connectivity index (χ3n) is 1.27. The fourth-order valence-electron chi connectivity index (χ4n) is 0.652. The zero-order chi connectivity index (χ0) is 7.56. The van der Waals surface area contributed by atoms with Crippen LogP contribution in [0.4, 0.5) is 11.5 Å². The van der Waals surface area contributed by atoms with E-state index < -0.39 is 0 Å². The van der Waals surface area contributed by atoms with Crippen molar-refractivity contribution in [2.75, 3.05) is 11.2 Å². The molecule has 0 aliphatic rings. The number of rotatable bonds is 1. The van der Waals surface area contributed by atoms with Crippen LogP contribution in [0.15, 0.2) is 12.1 Å². The van der Waals surface area contributed by atoms with Crippen LogP contribution in [0.5, 0.6) is 0 Å². The number of anilines is 2. The molecule has 5 N–H and O–H groups in total. The van der Waals surface area contributed by atoms with E-state index in [2.05, 4.69) is 10.4 Å². The summed E-state index contributed by atoms with van der Waals surface area (Å²) in [6.07, 6.45) is 0. The van der Waals surface area contributed by atoms with E-state index in [4.69, 9.17) is 11.6 Å². The van der Waals surface area contributed by atoms with E-state index in [-0.39, 0.29) is 0 Å². The molecule has 0 amide bonds. The summed E-state index contributed by atoms with van der Waals surface area (Å²) in [7, 11) is 0. The van der Waals surface area contributed by atoms with Crippen molar-refractivity contribution in [1.82, 2.24) is 4.98 Å². The summed E-state index contributed by atoms with van der Waals surface area (Å²) in [5, 5.41) is 0. The van der Waals surface area contributed by atoms with Crippen LogP contribution in [-0.4, -0.2) is 4.98 Å². The van der Waals surface area contributed by atoms with Gasteiger partial charge in [-0.2, -0.15) is 0 Å². The van der Waals surface area contributed by atoms with Gasteiger partial charge in [0.15, 0.2) is 0 Å². The molecule has 10 heavy (non-hydrogen) atoms. The lowest BCUT2D eigenvalue weighted by Crippen LogP contribution is -2.09. The molecule has 0 aliphatic heterocycles. The van der Waals surface area contributed by atoms with Crippen LogP contribution in [0.3, 0.4) is 0 Å². The summed E-state index contributed by atoms with van der Waals surface area (Å²) < 4.78 is 0. The average Bonchev–Trinajstić information content (AvgIpc) is 1.95. The van der Waals surface area contributed by atoms with Crippen molar-refractivity contribution in [3.8, 4) is 0 Å². The Kier molecular flexibility index (Phi) is 1.73. The maximum Gasteiger partial charge on any atom is 0.140 e. The first kappa shape index (κ1) is 6.82. The second kappa shape index (κ2) is 2.53. The molecule has 0 radical (unpaired) electrons. The maximum absolute atomic E-state index is 5.51. The molecule has 1 heterocycles. The molecule has 0 saturated carbocycles. The van der Waals surface area contributed by atoms with E-state index in [0.29, 0.717) is 11.5 Å². The summed E-state index contributed by atoms with van der Waals surface area (Å²) in [6.45, 7) is 1.83. The first-order valence-electron chi connectivity index (χ1n) is 2.94. The van der Waals surface area contributed by atoms with Gasteiger partial charge < -0.3 is 11.2 Å². The van der Waals surface area contributed by atoms with Crippen LogP contribution in [-0.2, 0) is 0 Å². The van der Waals surface area contributed by atoms with Crippen molar-refractivity contribution in [1.29, 1.82) is 0 Å². The van der Waals surface area contributed by atoms with Gasteiger partial charge in [-0.05, 0) is 19.1 Å². The second-order valence-electron chi connectivity index (χ2n) is 2.02. The Balaban J connectivity index is 3.04. The van der Waals surface area contributed by atoms with E-state index in [1.54, 1.807) is 12.1 Å². The quantitative estimate of drug-likeness (QED) is 0.384. The molecule has 0 aliphatic carbocycles. The van der Waals surface area contributed by atoms with Crippen LogP contribution in [0.2, 0.25) is 0 Å². The molecule has 0 spiro atoms. The molecular formula is C6H10N4. The number of nitrogens with one attached hydrogen (secondary N) is 1. The first-order chi connectivity index (χ1) is 4.74. The van der Waals surface area contributed by atoms with E-state index in [1.165, 1.54) is 0 Å². The van der Waals surface area contributed by atoms with Crippen molar-refractivity contribution >= 4 is 11.5 Å². The largest absolute Gasteiger partial charge is 0.397 e. The van der Waals surface area contributed by atoms with Crippen LogP contribution in [0, 0.1) is 6.92 Å². The molecule has 0 fully saturated rings. The van der Waals surface area contributed by atoms with Gasteiger partial charge in [-0.1, -0.05) is 0 Å². The molecule has 1 aromatic rings. The molecule has 0 saturated heterocycles. The minimum atomic E-state index is 0.631. The number of nitrogens with zero attached hydrogens (tertiary/aromatic N) is 1. The van der Waals surface area contributed by atoms with E-state index in [9.17, 15) is 0 Å². The number of aromatic nitrogens is 1. The molecule has 1 aromatic heterocycles. The van der Waals surface area contributed by atoms with Crippen LogP contribution >= 0.6 is 0 Å². The van der Waals surface area contributed by atoms with Crippen molar-refractivity contribution < 1.29 is 0 Å². The van der Waals surface area contributed by atoms with E-state index in [0.717, 1.165) is 5.69 Å². The smallest absolute Gasteiger partial charge is 0.140 e. The summed E-state index contributed by atoms with van der Waals surface area (Å²) in [5.74, 6) is 5.75. The normalized spacial score (nSPS) is 9.40. The molecule has 54 valence electrons. The monoisotopic (exact) mass is 138 g/mol. The Bertz CT molecular complexity index is 233. The Morgan fingerprint density at radius 2 is 2.20 bits per heavy atom. The predicted octanol–water partition coefficient (Wildman–Crippen LogP) is 0.258. The van der Waals surface area contributed by atoms with Gasteiger partial charge in [0, 0.05) is 0 Å². The fraction of sp³-hybridized carbons (Fsp3) is 0.167. The third kappa shape index (κ3) is 1.16. The van der Waals surface area contributed by atoms with E-state index in [1.807, 2.05) is 6.92 Å². The van der Waals surface area contributed by atoms with Crippen LogP contribution < -0.4 is 17.0 Å². The zero-order valence-electron chi connectivity index (χ0n) is 5.76. The highest BCUT2D eigenvalue weighted by atomic mass is 15.2. The highest BCUT2D eigenvalue weighted by molar-refractivity contribution is 5.48. The Morgan fingerprint density at radius 3 is 2.70 bits per heavy atom. The second-order valence-corrected chi connectivity index (χ2v) is 2.02. The standard InChI is InChI=1S/C6H10N4/c1-4-5(7)2-3-6(9-4)10-8/h2-3H,7-8H2,1H3,(H,9,10). The third-order valence-corrected chi connectivity index (χ3v) is 1.27. The molecule has 0 aromatic carbocycles. The summed E-state index contributed by atoms with van der Waals surface area (Å²) >= 11 is 0. The molecule has 4 nitrogen and oxygen atoms in total. The molecule has 4 heteroatoms. The van der Waals surface area contributed by atoms with E-state index >= 15 is 0 Å². The lowest BCUT2D eigenvalue weighted by molar-refractivity contribution is 1.16. The summed E-state index contributed by atoms with van der Waals surface area (Å²) in [4.78, 5) is 4.03. The van der Waals surface area contributed by atoms with Gasteiger partial charge in [0.1, 0.15) is 5.82 Å². The molecule has 1 rings (SSSR count). The van der Waals surface area contributed by atoms with Crippen molar-refractivity contribution in [3.05, 3.63) is 17.8 Å². The van der Waals surface area contributed by atoms with Crippen LogP contribution in [0.25, 0.3) is 0 Å². The molecule has 0 unspecified atom stereocenters. The maximum atomic E-state index is 5.51. The highest BCUT2D eigenvalue weighted by Crippen LogP contribution is 2.09. The first-order valence-corrected chi connectivity index (χ1v) is 2.94. The van der Waals surface area contributed by atoms with Gasteiger partial charge in [-0.3, -0.25) is 0 Å². The van der Waals surface area contributed by atoms with Crippen molar-refractivity contribution in [2.45, 2.75) is 6.92 Å². The van der Waals surface area contributed by atoms with Gasteiger partial charge in [-0.15, -0.1) is 0 Å². The number of hydrazine groups is 1. The SMILES string of the molecule is Cc1nc(NN)ccc1N. The van der Waals surface area contributed by atoms with Gasteiger partial charge >= 0.3 is 0 Å². The number of nitrogen functional groups attached to an aromatic ring is 2. The average molecular weight is 138 g/mol. The topological polar surface area (TPSA) is 77.0 Å². The van der Waals surface area contributed by atoms with Gasteiger partial charge in [-0.25, -0.2) is 10.8 Å². The Morgan fingerprint density at radius 1 is 1.50 bits per heavy atom. The Hall–Kier alpha value is -1.29. The highest BCUT2D eigenvalue weighted by Gasteiger charge is 1.94. The molecule has 0 atom stereocenters. The lowest BCUT2D eigenvalue weighted by Gasteiger charge is -2.01. The zero-order valence-corrected chi connectivity index (χ0v) is 5.76. The van der Waals surface area contributed by atoms with Gasteiger partial charge in [0.05, 0.1) is 11.4 Å². The summed E-state index contributed by atoms with van der Waals surface area (Å²) in [5.41, 5.74) is 9.41. The number of hydrogen-bond donors (Lipinski definition) is 3. The predicted molar refractivity (Wildman–Crippen MR) is 41.2 cm³/mol. The number of hydrogen-bond acceptors (Lipinski definition) is 4. The number of nitrogens with two attached hydrogens (primary N) is 2. The van der Waals surface area contributed by atoms with Crippen molar-refractivity contribution in [2.24, 2.45) is 5.84 Å². The van der Waals surface area contributed by atoms with Gasteiger partial charge in [0.25, 0.3) is 0 Å². The van der Waals surface area contributed by atoms with Gasteiger partial charge in [0.2, 0.25) is 0 Å². The van der Waals surface area contributed by atoms with Crippen LogP contribution in [0.1, 0.15) is 5.69 Å². The van der Waals surface area contributed by atoms with Crippen molar-refractivity contribution in [3.63, 3.8) is 0 Å². The minimum absolute atomic E-state index is 0.631. The lowest BCUT2D eigenvalue weighted by atomic mass is 10.3. The Labute approximate surface area is 59.2 Å². The number of aryl methyl sites for hydroxylation is 1. The molecule has 0 bridgehead atoms.